The van der Waals surface area contributed by atoms with Crippen LogP contribution in [0.5, 0.6) is 0 Å². The Hall–Kier alpha value is 0.0700. The van der Waals surface area contributed by atoms with Crippen molar-refractivity contribution in [2.24, 2.45) is 5.73 Å². The van der Waals surface area contributed by atoms with Gasteiger partial charge in [-0.2, -0.15) is 0 Å². The van der Waals surface area contributed by atoms with Crippen molar-refractivity contribution in [3.8, 4) is 0 Å². The Morgan fingerprint density at radius 3 is 2.45 bits per heavy atom. The van der Waals surface area contributed by atoms with Crippen molar-refractivity contribution in [3.05, 3.63) is 0 Å². The molecule has 0 radical (unpaired) electrons. The lowest BCUT2D eigenvalue weighted by atomic mass is 10.4. The molecule has 0 aliphatic heterocycles. The van der Waals surface area contributed by atoms with Crippen molar-refractivity contribution in [2.45, 2.75) is 13.0 Å². The molecule has 0 aromatic carbocycles. The highest BCUT2D eigenvalue weighted by molar-refractivity contribution is 7.85. The van der Waals surface area contributed by atoms with Crippen LogP contribution in [0, 0.1) is 0 Å². The third-order valence-electron chi connectivity index (χ3n) is 1.21. The van der Waals surface area contributed by atoms with Crippen LogP contribution >= 0.6 is 0 Å². The first-order valence-electron chi connectivity index (χ1n) is 3.77. The molecule has 0 fully saturated rings. The van der Waals surface area contributed by atoms with Crippen LogP contribution < -0.4 is 5.73 Å². The molecular formula is C7H18N2OS. The summed E-state index contributed by atoms with van der Waals surface area (Å²) in [7, 11) is 3.21. The molecular weight excluding hydrogens is 160 g/mol. The first-order chi connectivity index (χ1) is 5.02. The fraction of sp³-hybridized carbons (Fsp3) is 1.00. The van der Waals surface area contributed by atoms with E-state index in [-0.39, 0.29) is 6.04 Å². The largest absolute Gasteiger partial charge is 0.327 e. The van der Waals surface area contributed by atoms with Crippen molar-refractivity contribution in [1.29, 1.82) is 0 Å². The van der Waals surface area contributed by atoms with Gasteiger partial charge in [0, 0.05) is 34.9 Å². The van der Waals surface area contributed by atoms with Crippen molar-refractivity contribution in [3.63, 3.8) is 0 Å². The molecule has 0 rings (SSSR count). The molecule has 0 saturated carbocycles. The lowest BCUT2D eigenvalue weighted by Crippen LogP contribution is -2.27. The third kappa shape index (κ3) is 7.97. The van der Waals surface area contributed by atoms with Crippen molar-refractivity contribution in [1.82, 2.24) is 4.90 Å². The van der Waals surface area contributed by atoms with Gasteiger partial charge >= 0.3 is 0 Å². The number of nitrogens with zero attached hydrogens (tertiary/aromatic N) is 1. The highest BCUT2D eigenvalue weighted by Gasteiger charge is 2.02. The predicted octanol–water partition coefficient (Wildman–Crippen LogP) is -0.356. The highest BCUT2D eigenvalue weighted by atomic mass is 32.2. The van der Waals surface area contributed by atoms with Gasteiger partial charge in [0.1, 0.15) is 0 Å². The molecule has 0 amide bonds. The minimum atomic E-state index is -0.737. The lowest BCUT2D eigenvalue weighted by molar-refractivity contribution is 0.435. The Labute approximate surface area is 71.4 Å². The van der Waals surface area contributed by atoms with Crippen LogP contribution in [-0.2, 0) is 10.8 Å². The Bertz CT molecular complexity index is 126. The van der Waals surface area contributed by atoms with E-state index in [9.17, 15) is 4.21 Å². The average Bonchev–Trinajstić information content (AvgIpc) is 1.82. The van der Waals surface area contributed by atoms with Crippen LogP contribution in [0.15, 0.2) is 0 Å². The molecule has 2 atom stereocenters. The summed E-state index contributed by atoms with van der Waals surface area (Å²) in [5.74, 6) is 1.35. The summed E-state index contributed by atoms with van der Waals surface area (Å²) in [6.45, 7) is 2.76. The maximum absolute atomic E-state index is 11.2. The highest BCUT2D eigenvalue weighted by Crippen LogP contribution is 1.87. The average molecular weight is 178 g/mol. The number of nitrogens with two attached hydrogens (primary N) is 1. The van der Waals surface area contributed by atoms with Gasteiger partial charge in [0.05, 0.1) is 0 Å². The SMILES string of the molecule is CC(N)CS(=O)CCN(C)C. The van der Waals surface area contributed by atoms with Gasteiger partial charge in [-0.25, -0.2) is 0 Å². The number of hydrogen-bond donors (Lipinski definition) is 1. The van der Waals surface area contributed by atoms with E-state index in [1.165, 1.54) is 0 Å². The van der Waals surface area contributed by atoms with Crippen LogP contribution in [0.2, 0.25) is 0 Å². The minimum Gasteiger partial charge on any atom is -0.327 e. The van der Waals surface area contributed by atoms with Crippen molar-refractivity contribution >= 4 is 10.8 Å². The van der Waals surface area contributed by atoms with Crippen molar-refractivity contribution < 1.29 is 4.21 Å². The van der Waals surface area contributed by atoms with Gasteiger partial charge in [-0.1, -0.05) is 0 Å². The summed E-state index contributed by atoms with van der Waals surface area (Å²) in [6, 6.07) is 0.0537. The minimum absolute atomic E-state index is 0.0537. The van der Waals surface area contributed by atoms with E-state index in [1.807, 2.05) is 25.9 Å². The van der Waals surface area contributed by atoms with Gasteiger partial charge in [0.15, 0.2) is 0 Å². The standard InChI is InChI=1S/C7H18N2OS/c1-7(8)6-11(10)5-4-9(2)3/h7H,4-6,8H2,1-3H3. The Balaban J connectivity index is 3.38. The van der Waals surface area contributed by atoms with Gasteiger partial charge in [-0.3, -0.25) is 4.21 Å². The van der Waals surface area contributed by atoms with Crippen molar-refractivity contribution in [2.75, 3.05) is 32.1 Å². The Kier molecular flexibility index (Phi) is 5.72. The second kappa shape index (κ2) is 5.69. The van der Waals surface area contributed by atoms with Crippen LogP contribution in [-0.4, -0.2) is 47.3 Å². The van der Waals surface area contributed by atoms with Gasteiger partial charge in [0.25, 0.3) is 0 Å². The predicted molar refractivity (Wildman–Crippen MR) is 50.1 cm³/mol. The van der Waals surface area contributed by atoms with E-state index in [0.29, 0.717) is 5.75 Å². The number of rotatable bonds is 5. The van der Waals surface area contributed by atoms with Crippen LogP contribution in [0.1, 0.15) is 6.92 Å². The van der Waals surface area contributed by atoms with Crippen LogP contribution in [0.4, 0.5) is 0 Å². The van der Waals surface area contributed by atoms with E-state index in [1.54, 1.807) is 0 Å². The second-order valence-corrected chi connectivity index (χ2v) is 4.71. The van der Waals surface area contributed by atoms with E-state index in [4.69, 9.17) is 5.73 Å². The monoisotopic (exact) mass is 178 g/mol. The van der Waals surface area contributed by atoms with E-state index in [2.05, 4.69) is 0 Å². The maximum atomic E-state index is 11.2. The van der Waals surface area contributed by atoms with Gasteiger partial charge in [-0.05, 0) is 21.0 Å². The molecule has 68 valence electrons. The van der Waals surface area contributed by atoms with Crippen LogP contribution in [0.3, 0.4) is 0 Å². The molecule has 0 spiro atoms. The lowest BCUT2D eigenvalue weighted by Gasteiger charge is -2.09. The zero-order valence-electron chi connectivity index (χ0n) is 7.54. The van der Waals surface area contributed by atoms with E-state index >= 15 is 0 Å². The summed E-state index contributed by atoms with van der Waals surface area (Å²) < 4.78 is 11.2. The summed E-state index contributed by atoms with van der Waals surface area (Å²) >= 11 is 0. The molecule has 4 heteroatoms. The zero-order valence-corrected chi connectivity index (χ0v) is 8.36. The molecule has 0 aromatic rings. The topological polar surface area (TPSA) is 46.3 Å². The summed E-state index contributed by atoms with van der Waals surface area (Å²) in [4.78, 5) is 2.03. The zero-order chi connectivity index (χ0) is 8.85. The number of hydrogen-bond acceptors (Lipinski definition) is 3. The molecule has 0 bridgehead atoms. The molecule has 0 saturated heterocycles. The third-order valence-corrected chi connectivity index (χ3v) is 2.75. The first-order valence-corrected chi connectivity index (χ1v) is 5.26. The molecule has 0 aliphatic carbocycles. The Morgan fingerprint density at radius 2 is 2.09 bits per heavy atom. The van der Waals surface area contributed by atoms with E-state index < -0.39 is 10.8 Å². The normalized spacial score (nSPS) is 16.8. The molecule has 0 aromatic heterocycles. The molecule has 2 unspecified atom stereocenters. The van der Waals surface area contributed by atoms with E-state index in [0.717, 1.165) is 12.3 Å². The fourth-order valence-electron chi connectivity index (χ4n) is 0.661. The van der Waals surface area contributed by atoms with Gasteiger partial charge < -0.3 is 10.6 Å². The second-order valence-electron chi connectivity index (χ2n) is 3.09. The smallest absolute Gasteiger partial charge is 0.0384 e. The van der Waals surface area contributed by atoms with Crippen LogP contribution in [0.25, 0.3) is 0 Å². The maximum Gasteiger partial charge on any atom is 0.0384 e. The summed E-state index contributed by atoms with van der Waals surface area (Å²) in [6.07, 6.45) is 0. The Morgan fingerprint density at radius 1 is 1.55 bits per heavy atom. The molecule has 0 heterocycles. The molecule has 3 nitrogen and oxygen atoms in total. The van der Waals surface area contributed by atoms with Gasteiger partial charge in [0.2, 0.25) is 0 Å². The quantitative estimate of drug-likeness (QED) is 0.625. The summed E-state index contributed by atoms with van der Waals surface area (Å²) in [5, 5.41) is 0. The molecule has 2 N–H and O–H groups in total. The first kappa shape index (κ1) is 11.1. The fourth-order valence-corrected chi connectivity index (χ4v) is 1.98. The summed E-state index contributed by atoms with van der Waals surface area (Å²) in [5.41, 5.74) is 5.49. The molecule has 0 aliphatic rings. The molecule has 11 heavy (non-hydrogen) atoms. The van der Waals surface area contributed by atoms with Gasteiger partial charge in [-0.15, -0.1) is 0 Å².